The number of amides is 1. The third-order valence-electron chi connectivity index (χ3n) is 2.57. The summed E-state index contributed by atoms with van der Waals surface area (Å²) in [4.78, 5) is 18.5. The number of halogens is 1. The van der Waals surface area contributed by atoms with Crippen molar-refractivity contribution < 1.29 is 9.53 Å². The Balaban J connectivity index is 2.13. The fraction of sp³-hybridized carbons (Fsp3) is 0.636. The third kappa shape index (κ3) is 3.21. The predicted molar refractivity (Wildman–Crippen MR) is 75.0 cm³/mol. The van der Waals surface area contributed by atoms with Crippen LogP contribution in [0.5, 0.6) is 0 Å². The minimum atomic E-state index is -0.292. The highest BCUT2D eigenvalue weighted by atomic mass is 79.9. The van der Waals surface area contributed by atoms with Crippen LogP contribution in [0.4, 0.5) is 5.13 Å². The maximum atomic E-state index is 12.1. The normalized spacial score (nSPS) is 20.2. The van der Waals surface area contributed by atoms with Gasteiger partial charge in [-0.3, -0.25) is 4.79 Å². The summed E-state index contributed by atoms with van der Waals surface area (Å²) in [5.41, 5.74) is 0. The van der Waals surface area contributed by atoms with Crippen molar-refractivity contribution in [2.75, 3.05) is 24.7 Å². The first-order valence-corrected chi connectivity index (χ1v) is 7.51. The van der Waals surface area contributed by atoms with E-state index in [0.717, 1.165) is 9.73 Å². The van der Waals surface area contributed by atoms with Crippen LogP contribution in [-0.4, -0.2) is 42.7 Å². The number of thiazole rings is 1. The van der Waals surface area contributed by atoms with Gasteiger partial charge in [0.2, 0.25) is 5.91 Å². The number of anilines is 1. The van der Waals surface area contributed by atoms with Crippen LogP contribution in [0, 0.1) is 0 Å². The van der Waals surface area contributed by atoms with Gasteiger partial charge in [-0.25, -0.2) is 4.98 Å². The van der Waals surface area contributed by atoms with E-state index in [9.17, 15) is 4.79 Å². The first-order chi connectivity index (χ1) is 8.58. The molecule has 0 aromatic carbocycles. The molecule has 2 rings (SSSR count). The summed E-state index contributed by atoms with van der Waals surface area (Å²) >= 11 is 4.87. The zero-order valence-electron chi connectivity index (χ0n) is 10.4. The zero-order chi connectivity index (χ0) is 13.1. The van der Waals surface area contributed by atoms with Crippen LogP contribution in [0.2, 0.25) is 0 Å². The van der Waals surface area contributed by atoms with E-state index in [1.165, 1.54) is 11.3 Å². The molecule has 2 heterocycles. The number of nitrogens with zero attached hydrogens (tertiary/aromatic N) is 2. The summed E-state index contributed by atoms with van der Waals surface area (Å²) in [5.74, 6) is -0.00368. The molecule has 1 fully saturated rings. The lowest BCUT2D eigenvalue weighted by Crippen LogP contribution is -2.55. The van der Waals surface area contributed by atoms with Crippen LogP contribution < -0.4 is 10.2 Å². The topological polar surface area (TPSA) is 54.5 Å². The van der Waals surface area contributed by atoms with Crippen LogP contribution in [0.1, 0.15) is 13.8 Å². The summed E-state index contributed by atoms with van der Waals surface area (Å²) in [5, 5.41) is 5.70. The highest BCUT2D eigenvalue weighted by molar-refractivity contribution is 9.10. The lowest BCUT2D eigenvalue weighted by atomic mass is 10.2. The molecule has 1 amide bonds. The number of carbonyl (C=O) groups is 1. The standard InChI is InChI=1S/C11H16BrN3O2S/c1-7(2)13-10(16)8-5-17-4-3-15(8)11-14-9(12)6-18-11/h6-8H,3-5H2,1-2H3,(H,13,16). The van der Waals surface area contributed by atoms with E-state index >= 15 is 0 Å². The fourth-order valence-corrected chi connectivity index (χ4v) is 3.13. The molecular formula is C11H16BrN3O2S. The monoisotopic (exact) mass is 333 g/mol. The van der Waals surface area contributed by atoms with E-state index < -0.39 is 0 Å². The molecule has 1 aromatic heterocycles. The van der Waals surface area contributed by atoms with Crippen LogP contribution in [0.25, 0.3) is 0 Å². The van der Waals surface area contributed by atoms with Gasteiger partial charge in [0.15, 0.2) is 5.13 Å². The molecule has 1 aliphatic heterocycles. The van der Waals surface area contributed by atoms with Gasteiger partial charge < -0.3 is 15.0 Å². The summed E-state index contributed by atoms with van der Waals surface area (Å²) in [7, 11) is 0. The molecule has 0 saturated carbocycles. The molecule has 1 aromatic rings. The van der Waals surface area contributed by atoms with E-state index in [2.05, 4.69) is 26.2 Å². The van der Waals surface area contributed by atoms with Crippen molar-refractivity contribution in [3.63, 3.8) is 0 Å². The number of hydrogen-bond donors (Lipinski definition) is 1. The zero-order valence-corrected chi connectivity index (χ0v) is 12.8. The number of ether oxygens (including phenoxy) is 1. The number of morpholine rings is 1. The smallest absolute Gasteiger partial charge is 0.245 e. The van der Waals surface area contributed by atoms with Gasteiger partial charge in [0, 0.05) is 18.0 Å². The second kappa shape index (κ2) is 5.99. The van der Waals surface area contributed by atoms with Crippen molar-refractivity contribution in [3.05, 3.63) is 9.98 Å². The molecule has 100 valence electrons. The highest BCUT2D eigenvalue weighted by Gasteiger charge is 2.31. The number of aromatic nitrogens is 1. The Bertz CT molecular complexity index is 424. The molecule has 1 atom stereocenters. The molecule has 1 unspecified atom stereocenters. The Kier molecular flexibility index (Phi) is 4.58. The molecule has 0 aliphatic carbocycles. The number of rotatable bonds is 3. The largest absolute Gasteiger partial charge is 0.377 e. The van der Waals surface area contributed by atoms with Crippen LogP contribution in [-0.2, 0) is 9.53 Å². The molecule has 0 bridgehead atoms. The lowest BCUT2D eigenvalue weighted by Gasteiger charge is -2.34. The number of carbonyl (C=O) groups excluding carboxylic acids is 1. The Morgan fingerprint density at radius 1 is 1.72 bits per heavy atom. The minimum absolute atomic E-state index is 0.00368. The summed E-state index contributed by atoms with van der Waals surface area (Å²) in [6.07, 6.45) is 0. The van der Waals surface area contributed by atoms with Gasteiger partial charge in [0.1, 0.15) is 10.6 Å². The number of hydrogen-bond acceptors (Lipinski definition) is 5. The van der Waals surface area contributed by atoms with E-state index in [1.54, 1.807) is 0 Å². The molecule has 7 heteroatoms. The molecule has 18 heavy (non-hydrogen) atoms. The van der Waals surface area contributed by atoms with Gasteiger partial charge in [-0.1, -0.05) is 0 Å². The molecule has 5 nitrogen and oxygen atoms in total. The maximum Gasteiger partial charge on any atom is 0.245 e. The first-order valence-electron chi connectivity index (χ1n) is 5.83. The van der Waals surface area contributed by atoms with E-state index in [-0.39, 0.29) is 18.0 Å². The number of nitrogens with one attached hydrogen (secondary N) is 1. The molecule has 1 N–H and O–H groups in total. The van der Waals surface area contributed by atoms with Crippen molar-refractivity contribution in [3.8, 4) is 0 Å². The van der Waals surface area contributed by atoms with Gasteiger partial charge in [0.25, 0.3) is 0 Å². The van der Waals surface area contributed by atoms with E-state index in [1.807, 2.05) is 24.1 Å². The van der Waals surface area contributed by atoms with E-state index in [4.69, 9.17) is 4.74 Å². The van der Waals surface area contributed by atoms with Crippen molar-refractivity contribution in [2.45, 2.75) is 25.9 Å². The Labute approximate surface area is 119 Å². The quantitative estimate of drug-likeness (QED) is 0.913. The van der Waals surface area contributed by atoms with Crippen LogP contribution in [0.3, 0.4) is 0 Å². The van der Waals surface area contributed by atoms with Crippen molar-refractivity contribution in [1.82, 2.24) is 10.3 Å². The molecule has 0 spiro atoms. The van der Waals surface area contributed by atoms with Crippen molar-refractivity contribution in [2.24, 2.45) is 0 Å². The SMILES string of the molecule is CC(C)NC(=O)C1COCCN1c1nc(Br)cs1. The average Bonchev–Trinajstić information content (AvgIpc) is 2.75. The van der Waals surface area contributed by atoms with Crippen LogP contribution in [0.15, 0.2) is 9.98 Å². The lowest BCUT2D eigenvalue weighted by molar-refractivity contribution is -0.125. The second-order valence-corrected chi connectivity index (χ2v) is 6.05. The van der Waals surface area contributed by atoms with Gasteiger partial charge in [0.05, 0.1) is 13.2 Å². The Morgan fingerprint density at radius 2 is 2.50 bits per heavy atom. The molecule has 0 radical (unpaired) electrons. The highest BCUT2D eigenvalue weighted by Crippen LogP contribution is 2.26. The Hall–Kier alpha value is -0.660. The predicted octanol–water partition coefficient (Wildman–Crippen LogP) is 1.64. The van der Waals surface area contributed by atoms with Gasteiger partial charge in [-0.2, -0.15) is 0 Å². The minimum Gasteiger partial charge on any atom is -0.377 e. The molecule has 1 aliphatic rings. The van der Waals surface area contributed by atoms with Gasteiger partial charge in [-0.15, -0.1) is 11.3 Å². The van der Waals surface area contributed by atoms with Gasteiger partial charge >= 0.3 is 0 Å². The van der Waals surface area contributed by atoms with Gasteiger partial charge in [-0.05, 0) is 29.8 Å². The summed E-state index contributed by atoms with van der Waals surface area (Å²) in [6.45, 7) is 5.63. The summed E-state index contributed by atoms with van der Waals surface area (Å²) in [6, 6.07) is -0.163. The second-order valence-electron chi connectivity index (χ2n) is 4.40. The summed E-state index contributed by atoms with van der Waals surface area (Å²) < 4.78 is 6.21. The van der Waals surface area contributed by atoms with Crippen molar-refractivity contribution in [1.29, 1.82) is 0 Å². The van der Waals surface area contributed by atoms with Crippen LogP contribution >= 0.6 is 27.3 Å². The molecule has 1 saturated heterocycles. The first kappa shape index (κ1) is 13.8. The Morgan fingerprint density at radius 3 is 3.11 bits per heavy atom. The van der Waals surface area contributed by atoms with E-state index in [0.29, 0.717) is 19.8 Å². The molecular weight excluding hydrogens is 318 g/mol. The fourth-order valence-electron chi connectivity index (χ4n) is 1.81. The third-order valence-corrected chi connectivity index (χ3v) is 4.16. The average molecular weight is 334 g/mol. The van der Waals surface area contributed by atoms with Crippen molar-refractivity contribution >= 4 is 38.3 Å². The maximum absolute atomic E-state index is 12.1.